The number of alkyl carbamates (subject to hydrolysis) is 1. The molecule has 6 nitrogen and oxygen atoms in total. The van der Waals surface area contributed by atoms with Crippen molar-refractivity contribution in [3.8, 4) is 0 Å². The highest BCUT2D eigenvalue weighted by molar-refractivity contribution is 5.68. The normalized spacial score (nSPS) is 19.2. The van der Waals surface area contributed by atoms with E-state index in [0.29, 0.717) is 5.82 Å². The number of ether oxygens (including phenoxy) is 1. The second kappa shape index (κ2) is 6.20. The van der Waals surface area contributed by atoms with Crippen LogP contribution in [0.4, 0.5) is 16.3 Å². The Morgan fingerprint density at radius 2 is 2.24 bits per heavy atom. The lowest BCUT2D eigenvalue weighted by Gasteiger charge is -2.34. The minimum Gasteiger partial charge on any atom is -0.444 e. The zero-order valence-corrected chi connectivity index (χ0v) is 12.9. The van der Waals surface area contributed by atoms with Crippen molar-refractivity contribution in [3.63, 3.8) is 0 Å². The number of nitrogens with zero attached hydrogens (tertiary/aromatic N) is 2. The fourth-order valence-corrected chi connectivity index (χ4v) is 2.39. The van der Waals surface area contributed by atoms with Crippen LogP contribution >= 0.6 is 0 Å². The van der Waals surface area contributed by atoms with E-state index in [1.807, 2.05) is 26.8 Å². The first kappa shape index (κ1) is 15.4. The standard InChI is InChI=1S/C15H24N4O2/c1-15(2,3)21-14(20)18-11-5-4-8-19(10-11)12-6-7-13(16)17-9-12/h6-7,9,11H,4-5,8,10H2,1-3H3,(H2,16,17)(H,18,20). The smallest absolute Gasteiger partial charge is 0.407 e. The second-order valence-corrected chi connectivity index (χ2v) is 6.37. The maximum absolute atomic E-state index is 11.8. The SMILES string of the molecule is CC(C)(C)OC(=O)NC1CCCN(c2ccc(N)nc2)C1. The van der Waals surface area contributed by atoms with Crippen molar-refractivity contribution in [3.05, 3.63) is 18.3 Å². The monoisotopic (exact) mass is 292 g/mol. The predicted octanol–water partition coefficient (Wildman–Crippen LogP) is 2.16. The van der Waals surface area contributed by atoms with Gasteiger partial charge in [0.25, 0.3) is 0 Å². The van der Waals surface area contributed by atoms with Crippen LogP contribution in [-0.2, 0) is 4.74 Å². The van der Waals surface area contributed by atoms with Crippen molar-refractivity contribution in [2.75, 3.05) is 23.7 Å². The minimum absolute atomic E-state index is 0.0890. The molecular weight excluding hydrogens is 268 g/mol. The van der Waals surface area contributed by atoms with Crippen molar-refractivity contribution in [2.45, 2.75) is 45.3 Å². The molecule has 1 aliphatic heterocycles. The van der Waals surface area contributed by atoms with Crippen LogP contribution in [-0.4, -0.2) is 35.8 Å². The summed E-state index contributed by atoms with van der Waals surface area (Å²) >= 11 is 0. The molecule has 6 heteroatoms. The van der Waals surface area contributed by atoms with Crippen LogP contribution in [0.25, 0.3) is 0 Å². The van der Waals surface area contributed by atoms with Gasteiger partial charge in [-0.05, 0) is 45.7 Å². The number of hydrogen-bond donors (Lipinski definition) is 2. The maximum atomic E-state index is 11.8. The Kier molecular flexibility index (Phi) is 4.55. The largest absolute Gasteiger partial charge is 0.444 e. The van der Waals surface area contributed by atoms with E-state index in [0.717, 1.165) is 31.6 Å². The van der Waals surface area contributed by atoms with Crippen LogP contribution in [0.2, 0.25) is 0 Å². The van der Waals surface area contributed by atoms with Gasteiger partial charge in [0.2, 0.25) is 0 Å². The summed E-state index contributed by atoms with van der Waals surface area (Å²) in [4.78, 5) is 18.2. The molecule has 2 rings (SSSR count). The minimum atomic E-state index is -0.473. The van der Waals surface area contributed by atoms with E-state index in [1.54, 1.807) is 12.3 Å². The molecule has 0 saturated carbocycles. The molecule has 1 amide bonds. The summed E-state index contributed by atoms with van der Waals surface area (Å²) in [7, 11) is 0. The average Bonchev–Trinajstić information content (AvgIpc) is 2.37. The molecular formula is C15H24N4O2. The number of nitrogens with one attached hydrogen (secondary N) is 1. The van der Waals surface area contributed by atoms with E-state index >= 15 is 0 Å². The molecule has 0 aromatic carbocycles. The summed E-state index contributed by atoms with van der Waals surface area (Å²) in [6, 6.07) is 3.84. The summed E-state index contributed by atoms with van der Waals surface area (Å²) in [5.41, 5.74) is 6.16. The lowest BCUT2D eigenvalue weighted by atomic mass is 10.1. The summed E-state index contributed by atoms with van der Waals surface area (Å²) < 4.78 is 5.30. The van der Waals surface area contributed by atoms with Crippen LogP contribution in [0, 0.1) is 0 Å². The number of nitrogens with two attached hydrogens (primary N) is 1. The summed E-state index contributed by atoms with van der Waals surface area (Å²) in [5.74, 6) is 0.513. The molecule has 3 N–H and O–H groups in total. The highest BCUT2D eigenvalue weighted by atomic mass is 16.6. The Morgan fingerprint density at radius 3 is 2.86 bits per heavy atom. The summed E-state index contributed by atoms with van der Waals surface area (Å²) in [6.45, 7) is 7.29. The molecule has 0 radical (unpaired) electrons. The number of pyridine rings is 1. The van der Waals surface area contributed by atoms with E-state index in [4.69, 9.17) is 10.5 Å². The first-order valence-electron chi connectivity index (χ1n) is 7.29. The summed E-state index contributed by atoms with van der Waals surface area (Å²) in [6.07, 6.45) is 3.39. The van der Waals surface area contributed by atoms with Crippen molar-refractivity contribution < 1.29 is 9.53 Å². The van der Waals surface area contributed by atoms with Crippen LogP contribution in [0.3, 0.4) is 0 Å². The quantitative estimate of drug-likeness (QED) is 0.873. The van der Waals surface area contributed by atoms with Gasteiger partial charge in [-0.3, -0.25) is 0 Å². The Bertz CT molecular complexity index is 481. The van der Waals surface area contributed by atoms with Gasteiger partial charge in [-0.15, -0.1) is 0 Å². The number of anilines is 2. The zero-order valence-electron chi connectivity index (χ0n) is 12.9. The number of aromatic nitrogens is 1. The van der Waals surface area contributed by atoms with E-state index < -0.39 is 5.60 Å². The Hall–Kier alpha value is -1.98. The van der Waals surface area contributed by atoms with Crippen molar-refractivity contribution >= 4 is 17.6 Å². The molecule has 1 aliphatic rings. The zero-order chi connectivity index (χ0) is 15.5. The fraction of sp³-hybridized carbons (Fsp3) is 0.600. The number of amides is 1. The molecule has 0 spiro atoms. The van der Waals surface area contributed by atoms with Gasteiger partial charge in [-0.1, -0.05) is 0 Å². The molecule has 116 valence electrons. The van der Waals surface area contributed by atoms with Crippen LogP contribution < -0.4 is 16.0 Å². The van der Waals surface area contributed by atoms with Gasteiger partial charge >= 0.3 is 6.09 Å². The topological polar surface area (TPSA) is 80.5 Å². The summed E-state index contributed by atoms with van der Waals surface area (Å²) in [5, 5.41) is 2.94. The third kappa shape index (κ3) is 4.81. The average molecular weight is 292 g/mol. The third-order valence-electron chi connectivity index (χ3n) is 3.28. The van der Waals surface area contributed by atoms with E-state index in [2.05, 4.69) is 15.2 Å². The molecule has 1 unspecified atom stereocenters. The number of nitrogen functional groups attached to an aromatic ring is 1. The number of hydrogen-bond acceptors (Lipinski definition) is 5. The van der Waals surface area contributed by atoms with E-state index in [1.165, 1.54) is 0 Å². The molecule has 1 saturated heterocycles. The van der Waals surface area contributed by atoms with Crippen LogP contribution in [0.15, 0.2) is 18.3 Å². The van der Waals surface area contributed by atoms with E-state index in [-0.39, 0.29) is 12.1 Å². The van der Waals surface area contributed by atoms with Gasteiger partial charge in [0.1, 0.15) is 11.4 Å². The molecule has 2 heterocycles. The van der Waals surface area contributed by atoms with Gasteiger partial charge < -0.3 is 20.7 Å². The molecule has 1 fully saturated rings. The van der Waals surface area contributed by atoms with Crippen molar-refractivity contribution in [2.24, 2.45) is 0 Å². The van der Waals surface area contributed by atoms with E-state index in [9.17, 15) is 4.79 Å². The number of carbonyl (C=O) groups excluding carboxylic acids is 1. The highest BCUT2D eigenvalue weighted by Gasteiger charge is 2.24. The first-order chi connectivity index (χ1) is 9.83. The van der Waals surface area contributed by atoms with Crippen molar-refractivity contribution in [1.82, 2.24) is 10.3 Å². The van der Waals surface area contributed by atoms with Gasteiger partial charge in [0.15, 0.2) is 0 Å². The molecule has 1 aromatic heterocycles. The molecule has 0 aliphatic carbocycles. The lowest BCUT2D eigenvalue weighted by Crippen LogP contribution is -2.49. The first-order valence-corrected chi connectivity index (χ1v) is 7.29. The van der Waals surface area contributed by atoms with Gasteiger partial charge in [0, 0.05) is 19.1 Å². The molecule has 0 bridgehead atoms. The van der Waals surface area contributed by atoms with Gasteiger partial charge in [-0.25, -0.2) is 9.78 Å². The third-order valence-corrected chi connectivity index (χ3v) is 3.28. The number of rotatable bonds is 2. The Morgan fingerprint density at radius 1 is 1.48 bits per heavy atom. The van der Waals surface area contributed by atoms with Gasteiger partial charge in [0.05, 0.1) is 11.9 Å². The second-order valence-electron chi connectivity index (χ2n) is 6.37. The maximum Gasteiger partial charge on any atom is 0.407 e. The molecule has 1 aromatic rings. The number of carbonyl (C=O) groups is 1. The number of piperidine rings is 1. The lowest BCUT2D eigenvalue weighted by molar-refractivity contribution is 0.0500. The highest BCUT2D eigenvalue weighted by Crippen LogP contribution is 2.20. The Labute approximate surface area is 125 Å². The van der Waals surface area contributed by atoms with Crippen molar-refractivity contribution in [1.29, 1.82) is 0 Å². The van der Waals surface area contributed by atoms with Crippen LogP contribution in [0.1, 0.15) is 33.6 Å². The molecule has 1 atom stereocenters. The fourth-order valence-electron chi connectivity index (χ4n) is 2.39. The predicted molar refractivity (Wildman–Crippen MR) is 83.3 cm³/mol. The molecule has 21 heavy (non-hydrogen) atoms. The van der Waals surface area contributed by atoms with Gasteiger partial charge in [-0.2, -0.15) is 0 Å². The van der Waals surface area contributed by atoms with Crippen LogP contribution in [0.5, 0.6) is 0 Å². The Balaban J connectivity index is 1.91.